The van der Waals surface area contributed by atoms with Crippen LogP contribution in [0.15, 0.2) is 30.6 Å². The minimum atomic E-state index is -0.262. The van der Waals surface area contributed by atoms with Crippen LogP contribution < -0.4 is 5.32 Å². The lowest BCUT2D eigenvalue weighted by Gasteiger charge is -2.08. The molecule has 0 fully saturated rings. The molecule has 2 rings (SSSR count). The number of aromatic nitrogens is 2. The highest BCUT2D eigenvalue weighted by Crippen LogP contribution is 2.24. The van der Waals surface area contributed by atoms with E-state index < -0.39 is 0 Å². The lowest BCUT2D eigenvalue weighted by atomic mass is 10.1. The Morgan fingerprint density at radius 3 is 2.75 bits per heavy atom. The molecule has 0 saturated carbocycles. The SMILES string of the molecule is CNc1ncnc(-c2cccc(F)c2)c1C. The normalized spacial score (nSPS) is 10.2. The topological polar surface area (TPSA) is 37.8 Å². The van der Waals surface area contributed by atoms with Gasteiger partial charge in [-0.1, -0.05) is 12.1 Å². The first-order valence-electron chi connectivity index (χ1n) is 4.97. The Labute approximate surface area is 93.4 Å². The summed E-state index contributed by atoms with van der Waals surface area (Å²) in [4.78, 5) is 8.27. The number of nitrogens with zero attached hydrogens (tertiary/aromatic N) is 2. The zero-order valence-corrected chi connectivity index (χ0v) is 9.16. The van der Waals surface area contributed by atoms with Gasteiger partial charge in [0.05, 0.1) is 5.69 Å². The molecular weight excluding hydrogens is 205 g/mol. The zero-order chi connectivity index (χ0) is 11.5. The summed E-state index contributed by atoms with van der Waals surface area (Å²) in [7, 11) is 1.80. The van der Waals surface area contributed by atoms with E-state index in [-0.39, 0.29) is 5.82 Å². The summed E-state index contributed by atoms with van der Waals surface area (Å²) in [6, 6.07) is 6.39. The van der Waals surface area contributed by atoms with Crippen LogP contribution in [0.1, 0.15) is 5.56 Å². The van der Waals surface area contributed by atoms with Gasteiger partial charge in [0.1, 0.15) is 18.0 Å². The van der Waals surface area contributed by atoms with Crippen molar-refractivity contribution in [3.63, 3.8) is 0 Å². The van der Waals surface area contributed by atoms with Gasteiger partial charge in [-0.15, -0.1) is 0 Å². The third-order valence-electron chi connectivity index (χ3n) is 2.42. The summed E-state index contributed by atoms with van der Waals surface area (Å²) in [6.07, 6.45) is 1.47. The predicted molar refractivity (Wildman–Crippen MR) is 61.7 cm³/mol. The van der Waals surface area contributed by atoms with Crippen molar-refractivity contribution in [2.45, 2.75) is 6.92 Å². The number of rotatable bonds is 2. The number of benzene rings is 1. The molecule has 0 aliphatic rings. The molecule has 82 valence electrons. The Kier molecular flexibility index (Phi) is 2.81. The van der Waals surface area contributed by atoms with E-state index >= 15 is 0 Å². The minimum Gasteiger partial charge on any atom is -0.373 e. The van der Waals surface area contributed by atoms with Crippen LogP contribution in [-0.4, -0.2) is 17.0 Å². The van der Waals surface area contributed by atoms with E-state index in [0.717, 1.165) is 22.6 Å². The van der Waals surface area contributed by atoms with Crippen molar-refractivity contribution in [2.75, 3.05) is 12.4 Å². The van der Waals surface area contributed by atoms with Crippen molar-refractivity contribution >= 4 is 5.82 Å². The Hall–Kier alpha value is -1.97. The summed E-state index contributed by atoms with van der Waals surface area (Å²) >= 11 is 0. The Morgan fingerprint density at radius 1 is 1.25 bits per heavy atom. The van der Waals surface area contributed by atoms with Crippen LogP contribution in [-0.2, 0) is 0 Å². The van der Waals surface area contributed by atoms with E-state index in [1.165, 1.54) is 18.5 Å². The highest BCUT2D eigenvalue weighted by atomic mass is 19.1. The van der Waals surface area contributed by atoms with Gasteiger partial charge in [-0.2, -0.15) is 0 Å². The molecule has 0 amide bonds. The fourth-order valence-electron chi connectivity index (χ4n) is 1.63. The average Bonchev–Trinajstić information content (AvgIpc) is 2.29. The summed E-state index contributed by atoms with van der Waals surface area (Å²) in [6.45, 7) is 1.91. The van der Waals surface area contributed by atoms with Crippen LogP contribution in [0.3, 0.4) is 0 Å². The predicted octanol–water partition coefficient (Wildman–Crippen LogP) is 2.63. The molecular formula is C12H12FN3. The first kappa shape index (κ1) is 10.5. The van der Waals surface area contributed by atoms with Gasteiger partial charge in [0.25, 0.3) is 0 Å². The van der Waals surface area contributed by atoms with Gasteiger partial charge in [0, 0.05) is 18.2 Å². The van der Waals surface area contributed by atoms with Crippen LogP contribution in [0.25, 0.3) is 11.3 Å². The van der Waals surface area contributed by atoms with Crippen molar-refractivity contribution in [3.8, 4) is 11.3 Å². The molecule has 1 heterocycles. The first-order valence-corrected chi connectivity index (χ1v) is 4.97. The molecule has 0 spiro atoms. The van der Waals surface area contributed by atoms with E-state index in [9.17, 15) is 4.39 Å². The molecule has 0 saturated heterocycles. The Morgan fingerprint density at radius 2 is 2.06 bits per heavy atom. The lowest BCUT2D eigenvalue weighted by Crippen LogP contribution is -1.99. The molecule has 0 aliphatic carbocycles. The molecule has 0 bridgehead atoms. The Bertz CT molecular complexity index is 511. The number of nitrogens with one attached hydrogen (secondary N) is 1. The highest BCUT2D eigenvalue weighted by Gasteiger charge is 2.08. The molecule has 16 heavy (non-hydrogen) atoms. The van der Waals surface area contributed by atoms with E-state index in [1.54, 1.807) is 13.1 Å². The van der Waals surface area contributed by atoms with Crippen LogP contribution in [0.4, 0.5) is 10.2 Å². The van der Waals surface area contributed by atoms with Gasteiger partial charge < -0.3 is 5.32 Å². The van der Waals surface area contributed by atoms with Gasteiger partial charge in [-0.05, 0) is 19.1 Å². The molecule has 1 N–H and O–H groups in total. The van der Waals surface area contributed by atoms with Crippen LogP contribution >= 0.6 is 0 Å². The fourth-order valence-corrected chi connectivity index (χ4v) is 1.63. The highest BCUT2D eigenvalue weighted by molar-refractivity contribution is 5.67. The molecule has 0 radical (unpaired) electrons. The second-order valence-corrected chi connectivity index (χ2v) is 3.46. The number of hydrogen-bond donors (Lipinski definition) is 1. The molecule has 1 aromatic heterocycles. The number of hydrogen-bond acceptors (Lipinski definition) is 3. The average molecular weight is 217 g/mol. The van der Waals surface area contributed by atoms with E-state index in [1.807, 2.05) is 13.0 Å². The lowest BCUT2D eigenvalue weighted by molar-refractivity contribution is 0.628. The van der Waals surface area contributed by atoms with Gasteiger partial charge in [0.2, 0.25) is 0 Å². The maximum atomic E-state index is 13.1. The fraction of sp³-hybridized carbons (Fsp3) is 0.167. The van der Waals surface area contributed by atoms with E-state index in [4.69, 9.17) is 0 Å². The quantitative estimate of drug-likeness (QED) is 0.840. The van der Waals surface area contributed by atoms with Crippen LogP contribution in [0.5, 0.6) is 0 Å². The van der Waals surface area contributed by atoms with Crippen molar-refractivity contribution in [3.05, 3.63) is 42.0 Å². The van der Waals surface area contributed by atoms with E-state index in [0.29, 0.717) is 0 Å². The molecule has 2 aromatic rings. The third-order valence-corrected chi connectivity index (χ3v) is 2.42. The summed E-state index contributed by atoms with van der Waals surface area (Å²) in [5.41, 5.74) is 2.42. The van der Waals surface area contributed by atoms with Crippen molar-refractivity contribution in [1.82, 2.24) is 9.97 Å². The molecule has 1 aromatic carbocycles. The molecule has 0 unspecified atom stereocenters. The monoisotopic (exact) mass is 217 g/mol. The van der Waals surface area contributed by atoms with Gasteiger partial charge >= 0.3 is 0 Å². The standard InChI is InChI=1S/C12H12FN3/c1-8-11(15-7-16-12(8)14-2)9-4-3-5-10(13)6-9/h3-7H,1-2H3,(H,14,15,16). The molecule has 0 aliphatic heterocycles. The van der Waals surface area contributed by atoms with Crippen LogP contribution in [0, 0.1) is 12.7 Å². The minimum absolute atomic E-state index is 0.262. The largest absolute Gasteiger partial charge is 0.373 e. The molecule has 0 atom stereocenters. The summed E-state index contributed by atoms with van der Waals surface area (Å²) in [5, 5.41) is 2.98. The number of anilines is 1. The third kappa shape index (κ3) is 1.86. The smallest absolute Gasteiger partial charge is 0.132 e. The second kappa shape index (κ2) is 4.26. The molecule has 3 nitrogen and oxygen atoms in total. The maximum absolute atomic E-state index is 13.1. The van der Waals surface area contributed by atoms with Crippen molar-refractivity contribution in [1.29, 1.82) is 0 Å². The van der Waals surface area contributed by atoms with Crippen molar-refractivity contribution < 1.29 is 4.39 Å². The molecule has 4 heteroatoms. The Balaban J connectivity index is 2.56. The van der Waals surface area contributed by atoms with E-state index in [2.05, 4.69) is 15.3 Å². The number of halogens is 1. The summed E-state index contributed by atoms with van der Waals surface area (Å²) in [5.74, 6) is 0.496. The maximum Gasteiger partial charge on any atom is 0.132 e. The first-order chi connectivity index (χ1) is 7.72. The van der Waals surface area contributed by atoms with Gasteiger partial charge in [-0.3, -0.25) is 0 Å². The second-order valence-electron chi connectivity index (χ2n) is 3.46. The van der Waals surface area contributed by atoms with Gasteiger partial charge in [0.15, 0.2) is 0 Å². The van der Waals surface area contributed by atoms with Crippen molar-refractivity contribution in [2.24, 2.45) is 0 Å². The zero-order valence-electron chi connectivity index (χ0n) is 9.16. The summed E-state index contributed by atoms with van der Waals surface area (Å²) < 4.78 is 13.1. The van der Waals surface area contributed by atoms with Gasteiger partial charge in [-0.25, -0.2) is 14.4 Å². The van der Waals surface area contributed by atoms with Crippen LogP contribution in [0.2, 0.25) is 0 Å².